The first-order chi connectivity index (χ1) is 14.8. The van der Waals surface area contributed by atoms with E-state index < -0.39 is 0 Å². The highest BCUT2D eigenvalue weighted by Crippen LogP contribution is 2.50. The predicted molar refractivity (Wildman–Crippen MR) is 122 cm³/mol. The fraction of sp³-hybridized carbons (Fsp3) is 0.0714. The summed E-state index contributed by atoms with van der Waals surface area (Å²) < 4.78 is 11.8. The molecule has 0 fully saturated rings. The van der Waals surface area contributed by atoms with E-state index in [1.54, 1.807) is 7.11 Å². The Morgan fingerprint density at radius 3 is 2.17 bits per heavy atom. The number of benzene rings is 5. The van der Waals surface area contributed by atoms with Gasteiger partial charge in [-0.2, -0.15) is 0 Å². The van der Waals surface area contributed by atoms with Gasteiger partial charge < -0.3 is 9.47 Å². The van der Waals surface area contributed by atoms with Gasteiger partial charge in [-0.3, -0.25) is 0 Å². The second kappa shape index (κ2) is 6.64. The van der Waals surface area contributed by atoms with Crippen molar-refractivity contribution in [2.45, 2.75) is 5.92 Å². The molecule has 0 amide bonds. The minimum atomic E-state index is 0.0644. The Morgan fingerprint density at radius 2 is 1.30 bits per heavy atom. The number of methoxy groups -OCH3 is 1. The predicted octanol–water partition coefficient (Wildman–Crippen LogP) is 7.29. The maximum Gasteiger partial charge on any atom is 0.131 e. The van der Waals surface area contributed by atoms with Crippen molar-refractivity contribution in [2.24, 2.45) is 0 Å². The highest BCUT2D eigenvalue weighted by atomic mass is 16.5. The van der Waals surface area contributed by atoms with Gasteiger partial charge in [0.1, 0.15) is 17.2 Å². The van der Waals surface area contributed by atoms with Crippen LogP contribution in [0.15, 0.2) is 97.1 Å². The molecule has 0 aliphatic carbocycles. The van der Waals surface area contributed by atoms with Gasteiger partial charge >= 0.3 is 0 Å². The van der Waals surface area contributed by atoms with Gasteiger partial charge in [-0.25, -0.2) is 0 Å². The zero-order valence-electron chi connectivity index (χ0n) is 16.6. The van der Waals surface area contributed by atoms with E-state index in [-0.39, 0.29) is 5.92 Å². The Labute approximate surface area is 175 Å². The summed E-state index contributed by atoms with van der Waals surface area (Å²) in [6, 6.07) is 34.1. The van der Waals surface area contributed by atoms with Crippen LogP contribution in [0.25, 0.3) is 21.5 Å². The summed E-state index contributed by atoms with van der Waals surface area (Å²) in [5, 5.41) is 5.08. The Kier molecular flexibility index (Phi) is 3.78. The molecule has 0 saturated heterocycles. The topological polar surface area (TPSA) is 18.5 Å². The highest BCUT2D eigenvalue weighted by molar-refractivity contribution is 6.09. The largest absolute Gasteiger partial charge is 0.497 e. The molecule has 0 saturated carbocycles. The smallest absolute Gasteiger partial charge is 0.131 e. The second-order valence-electron chi connectivity index (χ2n) is 7.71. The summed E-state index contributed by atoms with van der Waals surface area (Å²) >= 11 is 0. The number of para-hydroxylation sites is 1. The lowest BCUT2D eigenvalue weighted by Crippen LogP contribution is -2.12. The molecule has 1 aliphatic rings. The molecule has 0 radical (unpaired) electrons. The van der Waals surface area contributed by atoms with Gasteiger partial charge in [0.2, 0.25) is 0 Å². The molecule has 0 aromatic heterocycles. The maximum atomic E-state index is 6.27. The van der Waals surface area contributed by atoms with Crippen molar-refractivity contribution >= 4 is 21.5 Å². The van der Waals surface area contributed by atoms with E-state index in [2.05, 4.69) is 78.9 Å². The number of rotatable bonds is 2. The van der Waals surface area contributed by atoms with Gasteiger partial charge in [0.25, 0.3) is 0 Å². The fourth-order valence-corrected chi connectivity index (χ4v) is 4.73. The van der Waals surface area contributed by atoms with E-state index in [1.165, 1.54) is 32.7 Å². The van der Waals surface area contributed by atoms with Crippen molar-refractivity contribution < 1.29 is 9.47 Å². The van der Waals surface area contributed by atoms with Crippen LogP contribution >= 0.6 is 0 Å². The van der Waals surface area contributed by atoms with Crippen LogP contribution < -0.4 is 9.47 Å². The van der Waals surface area contributed by atoms with Crippen molar-refractivity contribution in [2.75, 3.05) is 7.11 Å². The minimum absolute atomic E-state index is 0.0644. The third kappa shape index (κ3) is 2.50. The molecule has 1 aliphatic heterocycles. The van der Waals surface area contributed by atoms with Gasteiger partial charge in [-0.15, -0.1) is 0 Å². The number of ether oxygens (including phenoxy) is 2. The van der Waals surface area contributed by atoms with Crippen molar-refractivity contribution in [1.82, 2.24) is 0 Å². The summed E-state index contributed by atoms with van der Waals surface area (Å²) in [4.78, 5) is 0. The maximum absolute atomic E-state index is 6.27. The summed E-state index contributed by atoms with van der Waals surface area (Å²) in [5.41, 5.74) is 3.60. The van der Waals surface area contributed by atoms with Crippen LogP contribution in [0.5, 0.6) is 17.2 Å². The zero-order valence-corrected chi connectivity index (χ0v) is 16.6. The molecule has 5 aromatic rings. The van der Waals surface area contributed by atoms with Crippen LogP contribution in [0.2, 0.25) is 0 Å². The third-order valence-electron chi connectivity index (χ3n) is 6.09. The van der Waals surface area contributed by atoms with Crippen LogP contribution in [0.4, 0.5) is 0 Å². The lowest BCUT2D eigenvalue weighted by Gasteiger charge is -2.30. The summed E-state index contributed by atoms with van der Waals surface area (Å²) in [6.45, 7) is 0. The fourth-order valence-electron chi connectivity index (χ4n) is 4.73. The minimum Gasteiger partial charge on any atom is -0.497 e. The Morgan fingerprint density at radius 1 is 0.600 bits per heavy atom. The van der Waals surface area contributed by atoms with Crippen LogP contribution in [0.3, 0.4) is 0 Å². The normalized spacial score (nSPS) is 14.8. The first-order valence-electron chi connectivity index (χ1n) is 10.2. The van der Waals surface area contributed by atoms with E-state index in [4.69, 9.17) is 9.47 Å². The number of hydrogen-bond donors (Lipinski definition) is 0. The second-order valence-corrected chi connectivity index (χ2v) is 7.71. The molecule has 5 aromatic carbocycles. The zero-order chi connectivity index (χ0) is 20.1. The number of hydrogen-bond acceptors (Lipinski definition) is 2. The monoisotopic (exact) mass is 388 g/mol. The van der Waals surface area contributed by atoms with Crippen LogP contribution in [-0.4, -0.2) is 7.11 Å². The SMILES string of the molecule is COc1ccc2c(c1)C(c1cc3ccccc3c3ccccc13)c1ccccc1O2. The van der Waals surface area contributed by atoms with E-state index in [1.807, 2.05) is 18.2 Å². The third-order valence-corrected chi connectivity index (χ3v) is 6.09. The van der Waals surface area contributed by atoms with Gasteiger partial charge in [0.05, 0.1) is 7.11 Å². The van der Waals surface area contributed by atoms with Crippen LogP contribution in [-0.2, 0) is 0 Å². The molecule has 144 valence electrons. The quantitative estimate of drug-likeness (QED) is 0.290. The van der Waals surface area contributed by atoms with Crippen molar-refractivity contribution in [3.05, 3.63) is 114 Å². The molecule has 2 heteroatoms. The van der Waals surface area contributed by atoms with Crippen molar-refractivity contribution in [3.63, 3.8) is 0 Å². The van der Waals surface area contributed by atoms with Gasteiger partial charge in [-0.1, -0.05) is 66.7 Å². The lowest BCUT2D eigenvalue weighted by atomic mass is 9.79. The average molecular weight is 388 g/mol. The summed E-state index contributed by atoms with van der Waals surface area (Å²) in [6.07, 6.45) is 0. The molecule has 6 rings (SSSR count). The van der Waals surface area contributed by atoms with E-state index in [0.717, 1.165) is 22.8 Å². The highest BCUT2D eigenvalue weighted by Gasteiger charge is 2.30. The molecule has 0 N–H and O–H groups in total. The molecule has 1 atom stereocenters. The van der Waals surface area contributed by atoms with Gasteiger partial charge in [0.15, 0.2) is 0 Å². The van der Waals surface area contributed by atoms with E-state index in [9.17, 15) is 0 Å². The molecule has 1 unspecified atom stereocenters. The average Bonchev–Trinajstić information content (AvgIpc) is 2.82. The van der Waals surface area contributed by atoms with Crippen molar-refractivity contribution in [3.8, 4) is 17.2 Å². The van der Waals surface area contributed by atoms with E-state index in [0.29, 0.717) is 0 Å². The van der Waals surface area contributed by atoms with Gasteiger partial charge in [0, 0.05) is 17.0 Å². The molecule has 2 nitrogen and oxygen atoms in total. The molecule has 30 heavy (non-hydrogen) atoms. The molecule has 0 spiro atoms. The van der Waals surface area contributed by atoms with Crippen LogP contribution in [0.1, 0.15) is 22.6 Å². The van der Waals surface area contributed by atoms with Crippen LogP contribution in [0, 0.1) is 0 Å². The Hall–Kier alpha value is -3.78. The molecule has 1 heterocycles. The Bertz CT molecular complexity index is 1420. The number of fused-ring (bicyclic) bond motifs is 5. The lowest BCUT2D eigenvalue weighted by molar-refractivity contribution is 0.409. The molecule has 0 bridgehead atoms. The van der Waals surface area contributed by atoms with Gasteiger partial charge in [-0.05, 0) is 57.4 Å². The molecular formula is C28H20O2. The first kappa shape index (κ1) is 17.1. The van der Waals surface area contributed by atoms with E-state index >= 15 is 0 Å². The summed E-state index contributed by atoms with van der Waals surface area (Å²) in [7, 11) is 1.71. The Balaban J connectivity index is 1.73. The standard InChI is InChI=1S/C28H20O2/c1-29-19-14-15-27-25(17-19)28(23-12-6-7-13-26(23)30-27)24-16-18-8-2-3-9-20(18)21-10-4-5-11-22(21)24/h2-17,28H,1H3. The van der Waals surface area contributed by atoms with Crippen molar-refractivity contribution in [1.29, 1.82) is 0 Å². The summed E-state index contributed by atoms with van der Waals surface area (Å²) in [5.74, 6) is 2.70. The molecular weight excluding hydrogens is 368 g/mol. The first-order valence-corrected chi connectivity index (χ1v) is 10.2.